The highest BCUT2D eigenvalue weighted by Gasteiger charge is 2.27. The number of thiazole rings is 1. The van der Waals surface area contributed by atoms with Crippen molar-refractivity contribution in [3.63, 3.8) is 0 Å². The Morgan fingerprint density at radius 2 is 1.61 bits per heavy atom. The molecule has 0 fully saturated rings. The average Bonchev–Trinajstić information content (AvgIpc) is 3.35. The molecule has 0 amide bonds. The SMILES string of the molecule is C=c1c(C#N)c(O)n(N(C)C)c(=O)/c1=C\c1sc(N(CC(CC)CCCC)CC(CC)CCCC)nc1C(C)(C)C. The lowest BCUT2D eigenvalue weighted by molar-refractivity contribution is 0.403. The topological polar surface area (TPSA) is 85.4 Å². The van der Waals surface area contributed by atoms with Gasteiger partial charge in [0.25, 0.3) is 5.56 Å². The first kappa shape index (κ1) is 34.4. The van der Waals surface area contributed by atoms with Crippen LogP contribution >= 0.6 is 11.3 Å². The molecule has 1 N–H and O–H groups in total. The molecule has 2 rings (SSSR count). The van der Waals surface area contributed by atoms with Crippen LogP contribution in [-0.4, -0.2) is 42.0 Å². The second-order valence-electron chi connectivity index (χ2n) is 12.5. The number of hydrogen-bond donors (Lipinski definition) is 1. The molecule has 0 aromatic carbocycles. The number of aromatic nitrogens is 2. The standard InChI is InChI=1S/C33H53N5O2S/c1-11-15-17-24(13-3)21-37(22-25(14-4)18-16-12-2)32-35-29(33(6,7)8)28(41-32)19-26-23(5)27(20-34)31(40)38(30(26)39)36(9)10/h19,24-25,40H,5,11-18,21-22H2,1-4,6-10H3/b26-19-. The molecule has 2 aromatic heterocycles. The minimum Gasteiger partial charge on any atom is -0.492 e. The summed E-state index contributed by atoms with van der Waals surface area (Å²) in [5.74, 6) is 0.802. The predicted molar refractivity (Wildman–Crippen MR) is 175 cm³/mol. The molecule has 2 aromatic rings. The summed E-state index contributed by atoms with van der Waals surface area (Å²) in [5.41, 5.74) is 0.241. The van der Waals surface area contributed by atoms with Crippen molar-refractivity contribution in [3.05, 3.63) is 36.9 Å². The van der Waals surface area contributed by atoms with Crippen molar-refractivity contribution in [1.82, 2.24) is 9.66 Å². The Labute approximate surface area is 251 Å². The summed E-state index contributed by atoms with van der Waals surface area (Å²) in [4.78, 5) is 22.2. The monoisotopic (exact) mass is 583 g/mol. The fourth-order valence-electron chi connectivity index (χ4n) is 5.26. The minimum absolute atomic E-state index is 0.00310. The van der Waals surface area contributed by atoms with E-state index in [4.69, 9.17) is 4.98 Å². The molecular weight excluding hydrogens is 530 g/mol. The Balaban J connectivity index is 2.80. The summed E-state index contributed by atoms with van der Waals surface area (Å²) in [6.07, 6.45) is 11.4. The van der Waals surface area contributed by atoms with Gasteiger partial charge >= 0.3 is 0 Å². The first-order valence-electron chi connectivity index (χ1n) is 15.4. The van der Waals surface area contributed by atoms with Gasteiger partial charge in [0.1, 0.15) is 11.6 Å². The fraction of sp³-hybridized carbons (Fsp3) is 0.667. The second kappa shape index (κ2) is 15.4. The maximum Gasteiger partial charge on any atom is 0.280 e. The van der Waals surface area contributed by atoms with Crippen LogP contribution in [0.25, 0.3) is 12.7 Å². The molecule has 7 nitrogen and oxygen atoms in total. The van der Waals surface area contributed by atoms with Crippen molar-refractivity contribution in [2.75, 3.05) is 37.1 Å². The molecule has 0 radical (unpaired) electrons. The first-order valence-corrected chi connectivity index (χ1v) is 16.2. The Morgan fingerprint density at radius 1 is 1.07 bits per heavy atom. The highest BCUT2D eigenvalue weighted by Crippen LogP contribution is 2.36. The van der Waals surface area contributed by atoms with Crippen molar-refractivity contribution < 1.29 is 5.11 Å². The van der Waals surface area contributed by atoms with Gasteiger partial charge in [-0.1, -0.05) is 105 Å². The first-order chi connectivity index (χ1) is 19.3. The Morgan fingerprint density at radius 3 is 2.02 bits per heavy atom. The lowest BCUT2D eigenvalue weighted by atomic mass is 9.91. The van der Waals surface area contributed by atoms with E-state index >= 15 is 0 Å². The van der Waals surface area contributed by atoms with Crippen molar-refractivity contribution in [2.45, 2.75) is 105 Å². The van der Waals surface area contributed by atoms with Crippen molar-refractivity contribution in [1.29, 1.82) is 5.26 Å². The number of pyridine rings is 1. The van der Waals surface area contributed by atoms with Crippen molar-refractivity contribution in [2.24, 2.45) is 11.8 Å². The van der Waals surface area contributed by atoms with Crippen molar-refractivity contribution >= 4 is 29.1 Å². The largest absolute Gasteiger partial charge is 0.492 e. The maximum atomic E-state index is 13.6. The predicted octanol–water partition coefficient (Wildman–Crippen LogP) is 5.86. The normalized spacial score (nSPS) is 13.7. The average molecular weight is 584 g/mol. The van der Waals surface area contributed by atoms with Gasteiger partial charge in [-0.25, -0.2) is 4.98 Å². The molecule has 0 aliphatic heterocycles. The Kier molecular flexibility index (Phi) is 13.0. The van der Waals surface area contributed by atoms with Gasteiger partial charge in [0.15, 0.2) is 5.13 Å². The van der Waals surface area contributed by atoms with E-state index in [2.05, 4.69) is 59.9 Å². The molecule has 0 aliphatic rings. The molecule has 0 aliphatic carbocycles. The summed E-state index contributed by atoms with van der Waals surface area (Å²) in [6, 6.07) is 2.03. The third kappa shape index (κ3) is 8.61. The molecule has 228 valence electrons. The van der Waals surface area contributed by atoms with Crippen LogP contribution < -0.4 is 25.9 Å². The van der Waals surface area contributed by atoms with Crippen LogP contribution in [0.1, 0.15) is 116 Å². The quantitative estimate of drug-likeness (QED) is 0.283. The molecule has 2 unspecified atom stereocenters. The van der Waals surface area contributed by atoms with E-state index in [1.165, 1.54) is 43.5 Å². The number of hydrogen-bond acceptors (Lipinski definition) is 7. The van der Waals surface area contributed by atoms with Crippen LogP contribution in [-0.2, 0) is 5.41 Å². The van der Waals surface area contributed by atoms with Gasteiger partial charge < -0.3 is 15.0 Å². The zero-order valence-corrected chi connectivity index (χ0v) is 27.8. The molecule has 2 atom stereocenters. The molecule has 8 heteroatoms. The summed E-state index contributed by atoms with van der Waals surface area (Å²) < 4.78 is 1.11. The van der Waals surface area contributed by atoms with Gasteiger partial charge in [-0.15, -0.1) is 0 Å². The van der Waals surface area contributed by atoms with Crippen LogP contribution in [0, 0.1) is 23.2 Å². The van der Waals surface area contributed by atoms with Crippen molar-refractivity contribution in [3.8, 4) is 11.9 Å². The number of anilines is 1. The molecule has 0 saturated heterocycles. The minimum atomic E-state index is -0.417. The van der Waals surface area contributed by atoms with Gasteiger partial charge in [-0.2, -0.15) is 9.94 Å². The van der Waals surface area contributed by atoms with E-state index in [9.17, 15) is 15.2 Å². The summed E-state index contributed by atoms with van der Waals surface area (Å²) >= 11 is 1.62. The van der Waals surface area contributed by atoms with Crippen LogP contribution in [0.5, 0.6) is 5.88 Å². The fourth-order valence-corrected chi connectivity index (χ4v) is 6.50. The van der Waals surface area contributed by atoms with Gasteiger partial charge in [-0.05, 0) is 30.8 Å². The molecule has 41 heavy (non-hydrogen) atoms. The second-order valence-corrected chi connectivity index (χ2v) is 13.5. The third-order valence-corrected chi connectivity index (χ3v) is 8.99. The maximum absolute atomic E-state index is 13.6. The van der Waals surface area contributed by atoms with Gasteiger partial charge in [0.2, 0.25) is 5.88 Å². The molecular formula is C33H53N5O2S. The molecule has 0 bridgehead atoms. The van der Waals surface area contributed by atoms with Crippen LogP contribution in [0.4, 0.5) is 5.13 Å². The molecule has 2 heterocycles. The van der Waals surface area contributed by atoms with E-state index < -0.39 is 11.4 Å². The zero-order valence-electron chi connectivity index (χ0n) is 27.0. The van der Waals surface area contributed by atoms with Gasteiger partial charge in [0.05, 0.1) is 15.8 Å². The van der Waals surface area contributed by atoms with Gasteiger partial charge in [-0.3, -0.25) is 4.79 Å². The van der Waals surface area contributed by atoms with Crippen LogP contribution in [0.3, 0.4) is 0 Å². The summed E-state index contributed by atoms with van der Waals surface area (Å²) in [6.45, 7) is 21.5. The smallest absolute Gasteiger partial charge is 0.280 e. The van der Waals surface area contributed by atoms with E-state index in [1.54, 1.807) is 25.4 Å². The Bertz CT molecular complexity index is 1330. The van der Waals surface area contributed by atoms with E-state index in [0.717, 1.165) is 46.3 Å². The van der Waals surface area contributed by atoms with Crippen LogP contribution in [0.15, 0.2) is 4.79 Å². The number of nitriles is 1. The van der Waals surface area contributed by atoms with E-state index in [0.29, 0.717) is 17.1 Å². The number of rotatable bonds is 15. The number of nitrogens with zero attached hydrogens (tertiary/aromatic N) is 5. The zero-order chi connectivity index (χ0) is 30.9. The highest BCUT2D eigenvalue weighted by atomic mass is 32.1. The van der Waals surface area contributed by atoms with Gasteiger partial charge in [0, 0.05) is 37.8 Å². The summed E-state index contributed by atoms with van der Waals surface area (Å²) in [5, 5.41) is 23.4. The third-order valence-electron chi connectivity index (χ3n) is 7.93. The number of aromatic hydroxyl groups is 1. The highest BCUT2D eigenvalue weighted by molar-refractivity contribution is 7.16. The lowest BCUT2D eigenvalue weighted by Gasteiger charge is -2.30. The molecule has 0 spiro atoms. The van der Waals surface area contributed by atoms with Crippen LogP contribution in [0.2, 0.25) is 0 Å². The number of unbranched alkanes of at least 4 members (excludes halogenated alkanes) is 2. The summed E-state index contributed by atoms with van der Waals surface area (Å²) in [7, 11) is 3.31. The van der Waals surface area contributed by atoms with E-state index in [-0.39, 0.29) is 16.2 Å². The van der Waals surface area contributed by atoms with E-state index in [1.807, 2.05) is 12.1 Å². The Hall–Kier alpha value is -2.79. The molecule has 0 saturated carbocycles. The lowest BCUT2D eigenvalue weighted by Crippen LogP contribution is -2.50.